The molecule has 0 heterocycles. The van der Waals surface area contributed by atoms with Gasteiger partial charge >= 0.3 is 0 Å². The molecule has 1 aromatic carbocycles. The normalized spacial score (nSPS) is 12.0. The maximum atomic E-state index is 11.3. The van der Waals surface area contributed by atoms with Gasteiger partial charge in [-0.2, -0.15) is 0 Å². The zero-order valence-corrected chi connectivity index (χ0v) is 10.8. The highest BCUT2D eigenvalue weighted by Crippen LogP contribution is 2.18. The van der Waals surface area contributed by atoms with Gasteiger partial charge in [-0.05, 0) is 31.0 Å². The van der Waals surface area contributed by atoms with E-state index in [-0.39, 0.29) is 11.9 Å². The van der Waals surface area contributed by atoms with Crippen molar-refractivity contribution in [1.82, 2.24) is 10.6 Å². The summed E-state index contributed by atoms with van der Waals surface area (Å²) >= 11 is 0. The third-order valence-electron chi connectivity index (χ3n) is 2.71. The van der Waals surface area contributed by atoms with Gasteiger partial charge in [0, 0.05) is 13.6 Å². The van der Waals surface area contributed by atoms with E-state index in [4.69, 9.17) is 4.74 Å². The molecule has 0 spiro atoms. The summed E-state index contributed by atoms with van der Waals surface area (Å²) in [6, 6.07) is 5.80. The fraction of sp³-hybridized carbons (Fsp3) is 0.462. The molecule has 1 rings (SSSR count). The Hall–Kier alpha value is -1.55. The van der Waals surface area contributed by atoms with E-state index in [2.05, 4.69) is 16.7 Å². The molecule has 2 N–H and O–H groups in total. The molecule has 0 aliphatic heterocycles. The number of hydrogen-bond acceptors (Lipinski definition) is 3. The van der Waals surface area contributed by atoms with E-state index >= 15 is 0 Å². The second-order valence-corrected chi connectivity index (χ2v) is 4.02. The van der Waals surface area contributed by atoms with Crippen LogP contribution in [0.1, 0.15) is 18.1 Å². The molecule has 0 saturated carbocycles. The van der Waals surface area contributed by atoms with E-state index < -0.39 is 0 Å². The van der Waals surface area contributed by atoms with Crippen LogP contribution in [0.2, 0.25) is 0 Å². The van der Waals surface area contributed by atoms with Gasteiger partial charge in [0.2, 0.25) is 5.91 Å². The molecular formula is C13H20N2O2. The van der Waals surface area contributed by atoms with Crippen molar-refractivity contribution in [3.8, 4) is 5.75 Å². The maximum absolute atomic E-state index is 11.3. The van der Waals surface area contributed by atoms with Crippen LogP contribution in [0.5, 0.6) is 5.75 Å². The minimum Gasteiger partial charge on any atom is -0.496 e. The maximum Gasteiger partial charge on any atom is 0.236 e. The highest BCUT2D eigenvalue weighted by Gasteiger charge is 2.09. The predicted molar refractivity (Wildman–Crippen MR) is 68.1 cm³/mol. The highest BCUT2D eigenvalue weighted by atomic mass is 16.5. The van der Waals surface area contributed by atoms with E-state index in [0.717, 1.165) is 16.9 Å². The van der Waals surface area contributed by atoms with E-state index in [1.165, 1.54) is 0 Å². The van der Waals surface area contributed by atoms with Gasteiger partial charge in [0.15, 0.2) is 0 Å². The number of carbonyl (C=O) groups is 1. The molecule has 4 nitrogen and oxygen atoms in total. The lowest BCUT2D eigenvalue weighted by molar-refractivity contribution is -0.122. The summed E-state index contributed by atoms with van der Waals surface area (Å²) in [5.74, 6) is 0.878. The summed E-state index contributed by atoms with van der Waals surface area (Å²) in [6.07, 6.45) is 0. The zero-order valence-electron chi connectivity index (χ0n) is 10.8. The van der Waals surface area contributed by atoms with Crippen molar-refractivity contribution in [2.24, 2.45) is 0 Å². The molecule has 1 amide bonds. The molecule has 0 aromatic heterocycles. The Kier molecular flexibility index (Phi) is 4.97. The molecule has 4 heteroatoms. The minimum absolute atomic E-state index is 0.00441. The number of hydrogen-bond donors (Lipinski definition) is 2. The van der Waals surface area contributed by atoms with Crippen LogP contribution in [0.3, 0.4) is 0 Å². The van der Waals surface area contributed by atoms with Crippen LogP contribution < -0.4 is 15.4 Å². The van der Waals surface area contributed by atoms with E-state index in [0.29, 0.717) is 6.54 Å². The number of nitrogens with one attached hydrogen (secondary N) is 2. The quantitative estimate of drug-likeness (QED) is 0.808. The summed E-state index contributed by atoms with van der Waals surface area (Å²) in [7, 11) is 3.30. The van der Waals surface area contributed by atoms with Gasteiger partial charge in [-0.25, -0.2) is 0 Å². The number of amides is 1. The van der Waals surface area contributed by atoms with E-state index in [9.17, 15) is 4.79 Å². The monoisotopic (exact) mass is 236 g/mol. The number of ether oxygens (including phenoxy) is 1. The van der Waals surface area contributed by atoms with Crippen LogP contribution >= 0.6 is 0 Å². The average molecular weight is 236 g/mol. The summed E-state index contributed by atoms with van der Waals surface area (Å²) in [6.45, 7) is 4.51. The van der Waals surface area contributed by atoms with Crippen molar-refractivity contribution in [1.29, 1.82) is 0 Å². The first-order valence-corrected chi connectivity index (χ1v) is 5.67. The number of likely N-dealkylation sites (N-methyl/N-ethyl adjacent to an activating group) is 1. The molecule has 0 fully saturated rings. The zero-order chi connectivity index (χ0) is 12.8. The lowest BCUT2D eigenvalue weighted by Crippen LogP contribution is -2.40. The third kappa shape index (κ3) is 3.75. The second kappa shape index (κ2) is 6.25. The number of aryl methyl sites for hydroxylation is 1. The highest BCUT2D eigenvalue weighted by molar-refractivity contribution is 5.80. The lowest BCUT2D eigenvalue weighted by Gasteiger charge is -2.13. The van der Waals surface area contributed by atoms with E-state index in [1.807, 2.05) is 26.0 Å². The molecule has 0 aliphatic carbocycles. The Labute approximate surface area is 102 Å². The topological polar surface area (TPSA) is 50.4 Å². The van der Waals surface area contributed by atoms with E-state index in [1.54, 1.807) is 14.2 Å². The van der Waals surface area contributed by atoms with Gasteiger partial charge in [0.05, 0.1) is 13.2 Å². The fourth-order valence-corrected chi connectivity index (χ4v) is 1.63. The van der Waals surface area contributed by atoms with Gasteiger partial charge in [0.25, 0.3) is 0 Å². The predicted octanol–water partition coefficient (Wildman–Crippen LogP) is 1.23. The Morgan fingerprint density at radius 2 is 2.18 bits per heavy atom. The van der Waals surface area contributed by atoms with Crippen molar-refractivity contribution >= 4 is 5.91 Å². The van der Waals surface area contributed by atoms with Crippen molar-refractivity contribution in [2.45, 2.75) is 26.4 Å². The van der Waals surface area contributed by atoms with Crippen molar-refractivity contribution in [2.75, 3.05) is 14.2 Å². The van der Waals surface area contributed by atoms with Gasteiger partial charge in [-0.3, -0.25) is 4.79 Å². The first kappa shape index (κ1) is 13.5. The van der Waals surface area contributed by atoms with Crippen LogP contribution in [0.15, 0.2) is 18.2 Å². The first-order chi connectivity index (χ1) is 8.08. The van der Waals surface area contributed by atoms with Crippen LogP contribution in [-0.4, -0.2) is 26.1 Å². The summed E-state index contributed by atoms with van der Waals surface area (Å²) < 4.78 is 5.20. The smallest absolute Gasteiger partial charge is 0.236 e. The van der Waals surface area contributed by atoms with Crippen molar-refractivity contribution in [3.05, 3.63) is 29.3 Å². The number of methoxy groups -OCH3 is 1. The molecule has 94 valence electrons. The lowest BCUT2D eigenvalue weighted by atomic mass is 10.1. The minimum atomic E-state index is -0.192. The Morgan fingerprint density at radius 1 is 1.47 bits per heavy atom. The fourth-order valence-electron chi connectivity index (χ4n) is 1.63. The van der Waals surface area contributed by atoms with Crippen LogP contribution in [-0.2, 0) is 11.3 Å². The molecule has 1 aromatic rings. The second-order valence-electron chi connectivity index (χ2n) is 4.02. The molecular weight excluding hydrogens is 216 g/mol. The number of rotatable bonds is 5. The summed E-state index contributed by atoms with van der Waals surface area (Å²) in [5.41, 5.74) is 2.23. The van der Waals surface area contributed by atoms with Crippen LogP contribution in [0, 0.1) is 6.92 Å². The molecule has 0 radical (unpaired) electrons. The largest absolute Gasteiger partial charge is 0.496 e. The third-order valence-corrected chi connectivity index (χ3v) is 2.71. The van der Waals surface area contributed by atoms with Crippen molar-refractivity contribution < 1.29 is 9.53 Å². The molecule has 0 bridgehead atoms. The first-order valence-electron chi connectivity index (χ1n) is 5.67. The summed E-state index contributed by atoms with van der Waals surface area (Å²) in [4.78, 5) is 11.3. The Balaban J connectivity index is 2.58. The van der Waals surface area contributed by atoms with Gasteiger partial charge < -0.3 is 15.4 Å². The number of benzene rings is 1. The molecule has 1 atom stereocenters. The van der Waals surface area contributed by atoms with Crippen LogP contribution in [0.4, 0.5) is 0 Å². The average Bonchev–Trinajstić information content (AvgIpc) is 2.35. The molecule has 17 heavy (non-hydrogen) atoms. The molecule has 0 saturated heterocycles. The van der Waals surface area contributed by atoms with Gasteiger partial charge in [0.1, 0.15) is 5.75 Å². The molecule has 0 aliphatic rings. The van der Waals surface area contributed by atoms with Crippen molar-refractivity contribution in [3.63, 3.8) is 0 Å². The molecule has 1 unspecified atom stereocenters. The number of carbonyl (C=O) groups excluding carboxylic acids is 1. The SMILES string of the molecule is CNC(=O)C(C)NCc1ccc(OC)c(C)c1. The Bertz CT molecular complexity index is 391. The van der Waals surface area contributed by atoms with Gasteiger partial charge in [-0.1, -0.05) is 12.1 Å². The standard InChI is InChI=1S/C13H20N2O2/c1-9-7-11(5-6-12(9)17-4)8-15-10(2)13(16)14-3/h5-7,10,15H,8H2,1-4H3,(H,14,16). The van der Waals surface area contributed by atoms with Gasteiger partial charge in [-0.15, -0.1) is 0 Å². The summed E-state index contributed by atoms with van der Waals surface area (Å²) in [5, 5.41) is 5.77. The van der Waals surface area contributed by atoms with Crippen LogP contribution in [0.25, 0.3) is 0 Å². The Morgan fingerprint density at radius 3 is 2.71 bits per heavy atom.